The van der Waals surface area contributed by atoms with Crippen molar-refractivity contribution in [1.29, 1.82) is 0 Å². The largest absolute Gasteiger partial charge is 0.445 e. The first-order valence-corrected chi connectivity index (χ1v) is 4.22. The van der Waals surface area contributed by atoms with Crippen molar-refractivity contribution < 1.29 is 4.42 Å². The Morgan fingerprint density at radius 1 is 1.55 bits per heavy atom. The van der Waals surface area contributed by atoms with Gasteiger partial charge in [0.1, 0.15) is 0 Å². The highest BCUT2D eigenvalue weighted by Crippen LogP contribution is 2.26. The highest BCUT2D eigenvalue weighted by molar-refractivity contribution is 9.13. The maximum absolute atomic E-state index is 5.37. The second-order valence-corrected chi connectivity index (χ2v) is 3.32. The fourth-order valence-corrected chi connectivity index (χ4v) is 1.11. The smallest absolute Gasteiger partial charge is 0.186 e. The van der Waals surface area contributed by atoms with Crippen molar-refractivity contribution in [3.05, 3.63) is 21.0 Å². The maximum atomic E-state index is 5.37. The van der Waals surface area contributed by atoms with Crippen molar-refractivity contribution in [3.63, 3.8) is 0 Å². The lowest BCUT2D eigenvalue weighted by Gasteiger charge is -1.89. The van der Waals surface area contributed by atoms with E-state index >= 15 is 0 Å². The molecular weight excluding hydrogens is 278 g/mol. The predicted molar refractivity (Wildman–Crippen MR) is 49.0 cm³/mol. The molecule has 0 fully saturated rings. The van der Waals surface area contributed by atoms with E-state index in [0.29, 0.717) is 10.4 Å². The molecule has 0 aliphatic carbocycles. The van der Waals surface area contributed by atoms with E-state index in [-0.39, 0.29) is 5.84 Å². The van der Waals surface area contributed by atoms with Gasteiger partial charge in [0, 0.05) is 6.07 Å². The second kappa shape index (κ2) is 3.27. The van der Waals surface area contributed by atoms with Gasteiger partial charge in [0.05, 0.1) is 4.47 Å². The van der Waals surface area contributed by atoms with E-state index in [0.717, 1.165) is 4.47 Å². The van der Waals surface area contributed by atoms with Crippen LogP contribution in [0.5, 0.6) is 0 Å². The fraction of sp³-hybridized carbons (Fsp3) is 0. The van der Waals surface area contributed by atoms with Crippen LogP contribution < -0.4 is 11.6 Å². The third kappa shape index (κ3) is 1.75. The van der Waals surface area contributed by atoms with Crippen LogP contribution in [0.4, 0.5) is 0 Å². The quantitative estimate of drug-likeness (QED) is 0.354. The van der Waals surface area contributed by atoms with Gasteiger partial charge < -0.3 is 16.0 Å². The molecule has 1 aromatic rings. The zero-order valence-electron chi connectivity index (χ0n) is 5.34. The van der Waals surface area contributed by atoms with E-state index in [1.165, 1.54) is 0 Å². The first-order chi connectivity index (χ1) is 5.15. The lowest BCUT2D eigenvalue weighted by Crippen LogP contribution is -2.14. The normalized spacial score (nSPS) is 12.0. The number of hydrazone groups is 1. The first kappa shape index (κ1) is 8.61. The summed E-state index contributed by atoms with van der Waals surface area (Å²) in [7, 11) is 0. The molecule has 0 amide bonds. The Labute approximate surface area is 79.9 Å². The molecule has 11 heavy (non-hydrogen) atoms. The number of rotatable bonds is 1. The van der Waals surface area contributed by atoms with E-state index in [1.54, 1.807) is 6.07 Å². The van der Waals surface area contributed by atoms with Crippen LogP contribution in [0.15, 0.2) is 24.7 Å². The van der Waals surface area contributed by atoms with Gasteiger partial charge >= 0.3 is 0 Å². The molecule has 0 unspecified atom stereocenters. The summed E-state index contributed by atoms with van der Waals surface area (Å²) in [5.74, 6) is 5.54. The molecule has 60 valence electrons. The van der Waals surface area contributed by atoms with Crippen LogP contribution in [0.2, 0.25) is 0 Å². The summed E-state index contributed by atoms with van der Waals surface area (Å²) < 4.78 is 6.45. The zero-order chi connectivity index (χ0) is 8.43. The molecule has 0 radical (unpaired) electrons. The SMILES string of the molecule is N/N=C(\N)c1cc(Br)c(Br)o1. The van der Waals surface area contributed by atoms with Crippen molar-refractivity contribution in [1.82, 2.24) is 0 Å². The fourth-order valence-electron chi connectivity index (χ4n) is 0.536. The van der Waals surface area contributed by atoms with Crippen LogP contribution in [-0.4, -0.2) is 5.84 Å². The summed E-state index contributed by atoms with van der Waals surface area (Å²) in [6.45, 7) is 0. The van der Waals surface area contributed by atoms with Crippen LogP contribution in [-0.2, 0) is 0 Å². The molecular formula is C5H5Br2N3O. The van der Waals surface area contributed by atoms with Gasteiger partial charge in [-0.15, -0.1) is 0 Å². The summed E-state index contributed by atoms with van der Waals surface area (Å²) in [6.07, 6.45) is 0. The topological polar surface area (TPSA) is 77.5 Å². The number of hydrogen-bond acceptors (Lipinski definition) is 3. The van der Waals surface area contributed by atoms with Crippen molar-refractivity contribution in [3.8, 4) is 0 Å². The third-order valence-electron chi connectivity index (χ3n) is 1.04. The molecule has 0 atom stereocenters. The van der Waals surface area contributed by atoms with Crippen LogP contribution in [0, 0.1) is 0 Å². The number of hydrogen-bond donors (Lipinski definition) is 2. The Kier molecular flexibility index (Phi) is 2.56. The minimum absolute atomic E-state index is 0.163. The van der Waals surface area contributed by atoms with Crippen molar-refractivity contribution in [2.45, 2.75) is 0 Å². The van der Waals surface area contributed by atoms with Crippen molar-refractivity contribution in [2.24, 2.45) is 16.7 Å². The predicted octanol–water partition coefficient (Wildman–Crippen LogP) is 1.38. The molecule has 1 rings (SSSR count). The van der Waals surface area contributed by atoms with Crippen molar-refractivity contribution >= 4 is 37.7 Å². The molecule has 0 aliphatic rings. The average molecular weight is 283 g/mol. The molecule has 1 heterocycles. The van der Waals surface area contributed by atoms with E-state index < -0.39 is 0 Å². The number of nitrogens with zero attached hydrogens (tertiary/aromatic N) is 1. The Bertz CT molecular complexity index is 274. The number of halogens is 2. The van der Waals surface area contributed by atoms with Gasteiger partial charge in [-0.3, -0.25) is 0 Å². The van der Waals surface area contributed by atoms with E-state index in [1.807, 2.05) is 0 Å². The monoisotopic (exact) mass is 281 g/mol. The van der Waals surface area contributed by atoms with Gasteiger partial charge in [-0.05, 0) is 31.9 Å². The maximum Gasteiger partial charge on any atom is 0.186 e. The van der Waals surface area contributed by atoms with Gasteiger partial charge in [-0.2, -0.15) is 5.10 Å². The standard InChI is InChI=1S/C5H5Br2N3O/c6-2-1-3(5(8)10-9)11-4(2)7/h1H,9H2,(H2,8,10). The van der Waals surface area contributed by atoms with Gasteiger partial charge in [-0.25, -0.2) is 0 Å². The van der Waals surface area contributed by atoms with E-state index in [2.05, 4.69) is 37.0 Å². The summed E-state index contributed by atoms with van der Waals surface area (Å²) >= 11 is 6.37. The molecule has 4 N–H and O–H groups in total. The third-order valence-corrected chi connectivity index (χ3v) is 2.75. The highest BCUT2D eigenvalue weighted by Gasteiger charge is 2.08. The average Bonchev–Trinajstić information content (AvgIpc) is 2.31. The molecule has 0 saturated carbocycles. The lowest BCUT2D eigenvalue weighted by atomic mass is 10.4. The highest BCUT2D eigenvalue weighted by atomic mass is 79.9. The van der Waals surface area contributed by atoms with Crippen LogP contribution in [0.3, 0.4) is 0 Å². The molecule has 0 saturated heterocycles. The Morgan fingerprint density at radius 3 is 2.55 bits per heavy atom. The second-order valence-electron chi connectivity index (χ2n) is 1.75. The Balaban J connectivity index is 3.07. The zero-order valence-corrected chi connectivity index (χ0v) is 8.52. The number of furan rings is 1. The molecule has 0 spiro atoms. The number of amidine groups is 1. The summed E-state index contributed by atoms with van der Waals surface area (Å²) in [4.78, 5) is 0. The summed E-state index contributed by atoms with van der Waals surface area (Å²) in [5, 5.41) is 3.27. The van der Waals surface area contributed by atoms with E-state index in [4.69, 9.17) is 16.0 Å². The first-order valence-electron chi connectivity index (χ1n) is 2.63. The molecule has 6 heteroatoms. The van der Waals surface area contributed by atoms with Crippen LogP contribution in [0.1, 0.15) is 5.76 Å². The van der Waals surface area contributed by atoms with Crippen LogP contribution >= 0.6 is 31.9 Å². The number of nitrogens with two attached hydrogens (primary N) is 2. The molecule has 1 aromatic heterocycles. The lowest BCUT2D eigenvalue weighted by molar-refractivity contribution is 0.529. The minimum atomic E-state index is 0.163. The van der Waals surface area contributed by atoms with Crippen molar-refractivity contribution in [2.75, 3.05) is 0 Å². The Morgan fingerprint density at radius 2 is 2.18 bits per heavy atom. The van der Waals surface area contributed by atoms with Crippen LogP contribution in [0.25, 0.3) is 0 Å². The van der Waals surface area contributed by atoms with Gasteiger partial charge in [-0.1, -0.05) is 0 Å². The molecule has 0 aliphatic heterocycles. The molecule has 4 nitrogen and oxygen atoms in total. The minimum Gasteiger partial charge on any atom is -0.445 e. The Hall–Kier alpha value is -0.490. The molecule has 0 bridgehead atoms. The van der Waals surface area contributed by atoms with E-state index in [9.17, 15) is 0 Å². The summed E-state index contributed by atoms with van der Waals surface area (Å²) in [5.41, 5.74) is 5.37. The molecule has 0 aromatic carbocycles. The van der Waals surface area contributed by atoms with Gasteiger partial charge in [0.15, 0.2) is 16.3 Å². The van der Waals surface area contributed by atoms with Gasteiger partial charge in [0.2, 0.25) is 0 Å². The van der Waals surface area contributed by atoms with Gasteiger partial charge in [0.25, 0.3) is 0 Å². The summed E-state index contributed by atoms with van der Waals surface area (Å²) in [6, 6.07) is 1.68.